The number of piperidine rings is 1. The zero-order valence-electron chi connectivity index (χ0n) is 12.6. The van der Waals surface area contributed by atoms with Crippen molar-refractivity contribution in [3.05, 3.63) is 35.5 Å². The van der Waals surface area contributed by atoms with Crippen molar-refractivity contribution in [3.63, 3.8) is 0 Å². The Kier molecular flexibility index (Phi) is 4.32. The van der Waals surface area contributed by atoms with Crippen LogP contribution in [0.1, 0.15) is 33.1 Å². The van der Waals surface area contributed by atoms with Crippen LogP contribution >= 0.6 is 11.6 Å². The number of hydrogen-bond acceptors (Lipinski definition) is 3. The lowest BCUT2D eigenvalue weighted by molar-refractivity contribution is 0.128. The molecule has 21 heavy (non-hydrogen) atoms. The Bertz CT molecular complexity index is 628. The highest BCUT2D eigenvalue weighted by Crippen LogP contribution is 2.26. The summed E-state index contributed by atoms with van der Waals surface area (Å²) in [5.41, 5.74) is 2.06. The summed E-state index contributed by atoms with van der Waals surface area (Å²) < 4.78 is 0. The Morgan fingerprint density at radius 3 is 3.00 bits per heavy atom. The Labute approximate surface area is 131 Å². The summed E-state index contributed by atoms with van der Waals surface area (Å²) >= 11 is 6.05. The van der Waals surface area contributed by atoms with Gasteiger partial charge in [-0.1, -0.05) is 18.0 Å². The molecule has 4 heteroatoms. The van der Waals surface area contributed by atoms with Crippen LogP contribution in [0.25, 0.3) is 10.9 Å². The van der Waals surface area contributed by atoms with Gasteiger partial charge in [0.05, 0.1) is 11.7 Å². The molecule has 3 nitrogen and oxygen atoms in total. The van der Waals surface area contributed by atoms with Crippen LogP contribution in [0.3, 0.4) is 0 Å². The largest absolute Gasteiger partial charge is 0.369 e. The van der Waals surface area contributed by atoms with E-state index >= 15 is 0 Å². The maximum absolute atomic E-state index is 6.05. The first-order chi connectivity index (χ1) is 10.1. The maximum Gasteiger partial charge on any atom is 0.0766 e. The van der Waals surface area contributed by atoms with Crippen LogP contribution in [0.5, 0.6) is 0 Å². The predicted molar refractivity (Wildman–Crippen MR) is 89.9 cm³/mol. The van der Waals surface area contributed by atoms with Crippen molar-refractivity contribution in [2.45, 2.75) is 45.3 Å². The molecule has 0 aliphatic carbocycles. The minimum atomic E-state index is 0.321. The van der Waals surface area contributed by atoms with Gasteiger partial charge in [0, 0.05) is 34.9 Å². The number of benzene rings is 1. The van der Waals surface area contributed by atoms with E-state index in [4.69, 9.17) is 11.6 Å². The molecule has 1 saturated heterocycles. The normalized spacial score (nSPS) is 21.4. The zero-order valence-corrected chi connectivity index (χ0v) is 13.4. The standard InChI is InChI=1S/C17H22ClN3/c1-12-5-3-4-10-21(12)13(2)20-16-8-9-19-17-11-14(18)6-7-15(16)17/h6-9,11-13H,3-5,10H2,1-2H3,(H,19,20). The Hall–Kier alpha value is -1.32. The number of halogens is 1. The van der Waals surface area contributed by atoms with Crippen LogP contribution in [0, 0.1) is 0 Å². The molecule has 2 unspecified atom stereocenters. The molecule has 2 heterocycles. The summed E-state index contributed by atoms with van der Waals surface area (Å²) in [5.74, 6) is 0. The van der Waals surface area contributed by atoms with Crippen LogP contribution in [-0.4, -0.2) is 28.6 Å². The average Bonchev–Trinajstić information content (AvgIpc) is 2.47. The Morgan fingerprint density at radius 2 is 2.19 bits per heavy atom. The highest BCUT2D eigenvalue weighted by molar-refractivity contribution is 6.31. The van der Waals surface area contributed by atoms with Gasteiger partial charge in [-0.05, 0) is 51.0 Å². The minimum absolute atomic E-state index is 0.321. The quantitative estimate of drug-likeness (QED) is 0.903. The molecule has 2 atom stereocenters. The van der Waals surface area contributed by atoms with Crippen molar-refractivity contribution in [1.29, 1.82) is 0 Å². The molecule has 1 fully saturated rings. The molecule has 1 aliphatic rings. The molecule has 1 aromatic heterocycles. The topological polar surface area (TPSA) is 28.2 Å². The van der Waals surface area contributed by atoms with Gasteiger partial charge in [0.2, 0.25) is 0 Å². The van der Waals surface area contributed by atoms with Gasteiger partial charge in [-0.25, -0.2) is 0 Å². The molecule has 2 aromatic rings. The highest BCUT2D eigenvalue weighted by atomic mass is 35.5. The van der Waals surface area contributed by atoms with Crippen LogP contribution in [-0.2, 0) is 0 Å². The maximum atomic E-state index is 6.05. The molecule has 112 valence electrons. The first kappa shape index (κ1) is 14.6. The lowest BCUT2D eigenvalue weighted by atomic mass is 10.0. The number of likely N-dealkylation sites (tertiary alicyclic amines) is 1. The van der Waals surface area contributed by atoms with E-state index in [1.165, 1.54) is 25.8 Å². The van der Waals surface area contributed by atoms with E-state index in [2.05, 4.69) is 29.0 Å². The molecule has 0 saturated carbocycles. The second kappa shape index (κ2) is 6.20. The zero-order chi connectivity index (χ0) is 14.8. The van der Waals surface area contributed by atoms with Gasteiger partial charge in [0.1, 0.15) is 0 Å². The molecule has 0 amide bonds. The van der Waals surface area contributed by atoms with Gasteiger partial charge < -0.3 is 5.32 Å². The van der Waals surface area contributed by atoms with Gasteiger partial charge in [-0.15, -0.1) is 0 Å². The monoisotopic (exact) mass is 303 g/mol. The number of anilines is 1. The summed E-state index contributed by atoms with van der Waals surface area (Å²) in [6.45, 7) is 5.73. The highest BCUT2D eigenvalue weighted by Gasteiger charge is 2.23. The number of nitrogens with zero attached hydrogens (tertiary/aromatic N) is 2. The molecule has 1 N–H and O–H groups in total. The van der Waals surface area contributed by atoms with E-state index in [1.807, 2.05) is 30.5 Å². The average molecular weight is 304 g/mol. The summed E-state index contributed by atoms with van der Waals surface area (Å²) in [4.78, 5) is 6.95. The summed E-state index contributed by atoms with van der Waals surface area (Å²) in [5, 5.41) is 5.50. The fourth-order valence-corrected chi connectivity index (χ4v) is 3.42. The second-order valence-corrected chi connectivity index (χ2v) is 6.36. The predicted octanol–water partition coefficient (Wildman–Crippen LogP) is 4.52. The lowest BCUT2D eigenvalue weighted by Crippen LogP contribution is -2.47. The van der Waals surface area contributed by atoms with Crippen LogP contribution in [0.4, 0.5) is 5.69 Å². The van der Waals surface area contributed by atoms with Gasteiger partial charge in [-0.3, -0.25) is 9.88 Å². The number of fused-ring (bicyclic) bond motifs is 1. The molecular formula is C17H22ClN3. The molecule has 0 spiro atoms. The Morgan fingerprint density at radius 1 is 1.33 bits per heavy atom. The van der Waals surface area contributed by atoms with E-state index in [0.29, 0.717) is 12.2 Å². The first-order valence-electron chi connectivity index (χ1n) is 7.72. The molecule has 1 aliphatic heterocycles. The SMILES string of the molecule is CC1CCCCN1C(C)Nc1ccnc2cc(Cl)ccc12. The van der Waals surface area contributed by atoms with Gasteiger partial charge in [0.25, 0.3) is 0 Å². The molecule has 0 bridgehead atoms. The number of hydrogen-bond donors (Lipinski definition) is 1. The van der Waals surface area contributed by atoms with Crippen molar-refractivity contribution >= 4 is 28.2 Å². The lowest BCUT2D eigenvalue weighted by Gasteiger charge is -2.38. The molecule has 3 rings (SSSR count). The number of rotatable bonds is 3. The molecular weight excluding hydrogens is 282 g/mol. The second-order valence-electron chi connectivity index (χ2n) is 5.92. The van der Waals surface area contributed by atoms with Crippen molar-refractivity contribution in [2.24, 2.45) is 0 Å². The van der Waals surface area contributed by atoms with Crippen molar-refractivity contribution < 1.29 is 0 Å². The summed E-state index contributed by atoms with van der Waals surface area (Å²) in [7, 11) is 0. The van der Waals surface area contributed by atoms with Crippen LogP contribution in [0.15, 0.2) is 30.5 Å². The van der Waals surface area contributed by atoms with E-state index in [1.54, 1.807) is 0 Å². The fraction of sp³-hybridized carbons (Fsp3) is 0.471. The minimum Gasteiger partial charge on any atom is -0.369 e. The van der Waals surface area contributed by atoms with Crippen LogP contribution < -0.4 is 5.32 Å². The fourth-order valence-electron chi connectivity index (χ4n) is 3.25. The third-order valence-corrected chi connectivity index (χ3v) is 4.66. The third kappa shape index (κ3) is 3.14. The van der Waals surface area contributed by atoms with E-state index in [0.717, 1.165) is 21.6 Å². The van der Waals surface area contributed by atoms with Gasteiger partial charge in [-0.2, -0.15) is 0 Å². The van der Waals surface area contributed by atoms with Crippen molar-refractivity contribution in [1.82, 2.24) is 9.88 Å². The van der Waals surface area contributed by atoms with E-state index in [9.17, 15) is 0 Å². The molecule has 1 aromatic carbocycles. The Balaban J connectivity index is 1.84. The number of pyridine rings is 1. The van der Waals surface area contributed by atoms with Crippen molar-refractivity contribution in [3.8, 4) is 0 Å². The smallest absolute Gasteiger partial charge is 0.0766 e. The van der Waals surface area contributed by atoms with Crippen LogP contribution in [0.2, 0.25) is 5.02 Å². The van der Waals surface area contributed by atoms with Gasteiger partial charge in [0.15, 0.2) is 0 Å². The van der Waals surface area contributed by atoms with Gasteiger partial charge >= 0.3 is 0 Å². The third-order valence-electron chi connectivity index (χ3n) is 4.42. The summed E-state index contributed by atoms with van der Waals surface area (Å²) in [6.07, 6.45) is 6.09. The molecule has 0 radical (unpaired) electrons. The van der Waals surface area contributed by atoms with Crippen molar-refractivity contribution in [2.75, 3.05) is 11.9 Å². The van der Waals surface area contributed by atoms with E-state index in [-0.39, 0.29) is 0 Å². The first-order valence-corrected chi connectivity index (χ1v) is 8.09. The van der Waals surface area contributed by atoms with E-state index < -0.39 is 0 Å². The number of nitrogens with one attached hydrogen (secondary N) is 1. The number of aromatic nitrogens is 1. The summed E-state index contributed by atoms with van der Waals surface area (Å²) in [6, 6.07) is 8.56.